The molecule has 5 nitrogen and oxygen atoms in total. The van der Waals surface area contributed by atoms with E-state index in [-0.39, 0.29) is 16.1 Å². The quantitative estimate of drug-likeness (QED) is 0.697. The smallest absolute Gasteiger partial charge is 0.265 e. The van der Waals surface area contributed by atoms with Crippen molar-refractivity contribution in [1.82, 2.24) is 19.5 Å². The molecule has 0 aliphatic rings. The number of hydrogen-bond donors (Lipinski definition) is 1. The van der Waals surface area contributed by atoms with E-state index in [0.717, 1.165) is 0 Å². The number of hydrogen-bond acceptors (Lipinski definition) is 4. The van der Waals surface area contributed by atoms with E-state index >= 15 is 0 Å². The lowest BCUT2D eigenvalue weighted by Gasteiger charge is -2.04. The lowest BCUT2D eigenvalue weighted by Crippen LogP contribution is -2.19. The minimum absolute atomic E-state index is 0.255. The van der Waals surface area contributed by atoms with Crippen molar-refractivity contribution in [3.8, 4) is 11.4 Å². The number of aromatic amines is 1. The van der Waals surface area contributed by atoms with Crippen LogP contribution in [-0.2, 0) is 7.05 Å². The molecule has 1 aromatic carbocycles. The second-order valence-electron chi connectivity index (χ2n) is 4.26. The molecule has 20 heavy (non-hydrogen) atoms. The molecule has 7 heteroatoms. The standard InChI is InChI=1S/C13H9FN4OS/c1-18-12(19)9-6-15-10(16-11(9)17-13(18)20)7-2-4-8(14)5-3-7/h2-6H,1H3,(H,15,16,17,20). The Labute approximate surface area is 117 Å². The summed E-state index contributed by atoms with van der Waals surface area (Å²) >= 11 is 5.04. The van der Waals surface area contributed by atoms with E-state index in [4.69, 9.17) is 12.2 Å². The summed E-state index contributed by atoms with van der Waals surface area (Å²) in [6.45, 7) is 0. The molecular formula is C13H9FN4OS. The van der Waals surface area contributed by atoms with Crippen LogP contribution in [-0.4, -0.2) is 19.5 Å². The lowest BCUT2D eigenvalue weighted by molar-refractivity contribution is 0.628. The van der Waals surface area contributed by atoms with Gasteiger partial charge in [0.2, 0.25) is 0 Å². The average Bonchev–Trinajstić information content (AvgIpc) is 2.45. The predicted molar refractivity (Wildman–Crippen MR) is 75.4 cm³/mol. The molecule has 0 bridgehead atoms. The van der Waals surface area contributed by atoms with E-state index in [2.05, 4.69) is 15.0 Å². The van der Waals surface area contributed by atoms with Crippen LogP contribution < -0.4 is 5.56 Å². The summed E-state index contributed by atoms with van der Waals surface area (Å²) in [5, 5.41) is 0.354. The van der Waals surface area contributed by atoms with E-state index in [9.17, 15) is 9.18 Å². The van der Waals surface area contributed by atoms with Crippen LogP contribution in [0.25, 0.3) is 22.4 Å². The normalized spacial score (nSPS) is 10.9. The van der Waals surface area contributed by atoms with Gasteiger partial charge in [0.25, 0.3) is 5.56 Å². The van der Waals surface area contributed by atoms with Crippen LogP contribution in [0.15, 0.2) is 35.3 Å². The zero-order valence-electron chi connectivity index (χ0n) is 10.4. The predicted octanol–water partition coefficient (Wildman–Crippen LogP) is 2.19. The highest BCUT2D eigenvalue weighted by atomic mass is 32.1. The molecule has 0 aliphatic heterocycles. The molecule has 0 aliphatic carbocycles. The maximum atomic E-state index is 12.9. The Morgan fingerprint density at radius 1 is 1.30 bits per heavy atom. The van der Waals surface area contributed by atoms with Gasteiger partial charge < -0.3 is 4.98 Å². The number of H-pyrrole nitrogens is 1. The third-order valence-electron chi connectivity index (χ3n) is 2.96. The summed E-state index contributed by atoms with van der Waals surface area (Å²) in [6, 6.07) is 5.81. The van der Waals surface area contributed by atoms with Crippen molar-refractivity contribution >= 4 is 23.3 Å². The number of nitrogens with zero attached hydrogens (tertiary/aromatic N) is 3. The van der Waals surface area contributed by atoms with Crippen LogP contribution in [0, 0.1) is 10.6 Å². The van der Waals surface area contributed by atoms with Gasteiger partial charge in [0.05, 0.1) is 0 Å². The number of nitrogens with one attached hydrogen (secondary N) is 1. The average molecular weight is 288 g/mol. The minimum atomic E-state index is -0.331. The third kappa shape index (κ3) is 2.01. The fourth-order valence-electron chi connectivity index (χ4n) is 1.83. The first-order chi connectivity index (χ1) is 9.56. The highest BCUT2D eigenvalue weighted by Gasteiger charge is 2.08. The van der Waals surface area contributed by atoms with Crippen molar-refractivity contribution in [2.75, 3.05) is 0 Å². The van der Waals surface area contributed by atoms with E-state index in [1.165, 1.54) is 22.9 Å². The van der Waals surface area contributed by atoms with Crippen molar-refractivity contribution in [2.45, 2.75) is 0 Å². The Hall–Kier alpha value is -2.41. The molecule has 0 saturated heterocycles. The van der Waals surface area contributed by atoms with Crippen LogP contribution in [0.4, 0.5) is 4.39 Å². The van der Waals surface area contributed by atoms with Crippen LogP contribution >= 0.6 is 12.2 Å². The van der Waals surface area contributed by atoms with Crippen molar-refractivity contribution in [1.29, 1.82) is 0 Å². The molecule has 1 N–H and O–H groups in total. The third-order valence-corrected chi connectivity index (χ3v) is 3.33. The Bertz CT molecular complexity index is 914. The molecule has 0 fully saturated rings. The summed E-state index contributed by atoms with van der Waals surface area (Å²) in [6.07, 6.45) is 1.44. The number of fused-ring (bicyclic) bond motifs is 1. The maximum absolute atomic E-state index is 12.9. The van der Waals surface area contributed by atoms with Crippen LogP contribution in [0.1, 0.15) is 0 Å². The second-order valence-corrected chi connectivity index (χ2v) is 4.64. The Kier molecular flexibility index (Phi) is 2.90. The highest BCUT2D eigenvalue weighted by Crippen LogP contribution is 2.16. The monoisotopic (exact) mass is 288 g/mol. The molecule has 3 rings (SSSR count). The summed E-state index contributed by atoms with van der Waals surface area (Å²) in [5.74, 6) is 0.0687. The Morgan fingerprint density at radius 3 is 2.70 bits per heavy atom. The summed E-state index contributed by atoms with van der Waals surface area (Å²) in [4.78, 5) is 23.3. The van der Waals surface area contributed by atoms with E-state index in [1.807, 2.05) is 0 Å². The van der Waals surface area contributed by atoms with Crippen molar-refractivity contribution in [2.24, 2.45) is 7.05 Å². The molecule has 0 unspecified atom stereocenters. The first-order valence-electron chi connectivity index (χ1n) is 5.78. The van der Waals surface area contributed by atoms with Gasteiger partial charge >= 0.3 is 0 Å². The van der Waals surface area contributed by atoms with Gasteiger partial charge in [-0.25, -0.2) is 14.4 Å². The van der Waals surface area contributed by atoms with Crippen molar-refractivity contribution < 1.29 is 4.39 Å². The molecule has 100 valence electrons. The highest BCUT2D eigenvalue weighted by molar-refractivity contribution is 7.71. The molecule has 0 amide bonds. The van der Waals surface area contributed by atoms with Gasteiger partial charge in [0, 0.05) is 18.8 Å². The lowest BCUT2D eigenvalue weighted by atomic mass is 10.2. The van der Waals surface area contributed by atoms with Gasteiger partial charge in [-0.05, 0) is 36.5 Å². The SMILES string of the molecule is Cn1c(=S)[nH]c2nc(-c3ccc(F)cc3)ncc2c1=O. The topological polar surface area (TPSA) is 63.6 Å². The van der Waals surface area contributed by atoms with Crippen molar-refractivity contribution in [3.05, 3.63) is 51.4 Å². The molecule has 2 heterocycles. The summed E-state index contributed by atoms with van der Waals surface area (Å²) < 4.78 is 14.5. The first kappa shape index (κ1) is 12.6. The largest absolute Gasteiger partial charge is 0.316 e. The number of rotatable bonds is 1. The van der Waals surface area contributed by atoms with Gasteiger partial charge in [0.15, 0.2) is 10.6 Å². The Morgan fingerprint density at radius 2 is 2.00 bits per heavy atom. The van der Waals surface area contributed by atoms with Gasteiger partial charge in [-0.2, -0.15) is 0 Å². The molecule has 0 saturated carbocycles. The summed E-state index contributed by atoms with van der Waals surface area (Å²) in [5.41, 5.74) is 0.773. The molecule has 0 spiro atoms. The number of halogens is 1. The number of benzene rings is 1. The van der Waals surface area contributed by atoms with E-state index in [1.54, 1.807) is 19.2 Å². The van der Waals surface area contributed by atoms with Gasteiger partial charge in [-0.3, -0.25) is 9.36 Å². The maximum Gasteiger partial charge on any atom is 0.265 e. The zero-order valence-corrected chi connectivity index (χ0v) is 11.2. The molecule has 2 aromatic heterocycles. The minimum Gasteiger partial charge on any atom is -0.316 e. The van der Waals surface area contributed by atoms with E-state index in [0.29, 0.717) is 22.4 Å². The van der Waals surface area contributed by atoms with Gasteiger partial charge in [-0.15, -0.1) is 0 Å². The van der Waals surface area contributed by atoms with Gasteiger partial charge in [0.1, 0.15) is 16.9 Å². The number of aromatic nitrogens is 4. The van der Waals surface area contributed by atoms with Crippen molar-refractivity contribution in [3.63, 3.8) is 0 Å². The Balaban J connectivity index is 2.26. The van der Waals surface area contributed by atoms with Gasteiger partial charge in [-0.1, -0.05) is 0 Å². The van der Waals surface area contributed by atoms with Crippen LogP contribution in [0.5, 0.6) is 0 Å². The second kappa shape index (κ2) is 4.61. The fourth-order valence-corrected chi connectivity index (χ4v) is 2.01. The first-order valence-corrected chi connectivity index (χ1v) is 6.19. The fraction of sp³-hybridized carbons (Fsp3) is 0.0769. The molecule has 3 aromatic rings. The molecule has 0 radical (unpaired) electrons. The zero-order chi connectivity index (χ0) is 14.3. The molecular weight excluding hydrogens is 279 g/mol. The van der Waals surface area contributed by atoms with Crippen LogP contribution in [0.2, 0.25) is 0 Å². The van der Waals surface area contributed by atoms with E-state index < -0.39 is 0 Å². The molecule has 0 atom stereocenters. The summed E-state index contributed by atoms with van der Waals surface area (Å²) in [7, 11) is 1.58. The van der Waals surface area contributed by atoms with Crippen LogP contribution in [0.3, 0.4) is 0 Å².